The number of imide groups is 1. The number of likely N-dealkylation sites (tertiary alicyclic amines) is 1. The van der Waals surface area contributed by atoms with Crippen LogP contribution in [0, 0.1) is 5.92 Å². The van der Waals surface area contributed by atoms with Crippen LogP contribution in [0.2, 0.25) is 5.02 Å². The van der Waals surface area contributed by atoms with Crippen LogP contribution in [0.15, 0.2) is 83.7 Å². The molecule has 0 bridgehead atoms. The van der Waals surface area contributed by atoms with Gasteiger partial charge in [-0.05, 0) is 122 Å². The predicted molar refractivity (Wildman–Crippen MR) is 235 cm³/mol. The van der Waals surface area contributed by atoms with E-state index >= 15 is 0 Å². The van der Waals surface area contributed by atoms with Gasteiger partial charge >= 0.3 is 5.69 Å². The van der Waals surface area contributed by atoms with Gasteiger partial charge in [0.05, 0.1) is 43.1 Å². The summed E-state index contributed by atoms with van der Waals surface area (Å²) < 4.78 is 14.8. The first-order valence-corrected chi connectivity index (χ1v) is 21.2. The maximum atomic E-state index is 14.0. The molecular weight excluding hydrogens is 796 g/mol. The van der Waals surface area contributed by atoms with Gasteiger partial charge in [-0.3, -0.25) is 33.6 Å². The fraction of sp³-hybridized carbons (Fsp3) is 0.383. The number of benzene rings is 4. The molecule has 2 fully saturated rings. The Bertz CT molecular complexity index is 2560. The molecule has 8 rings (SSSR count). The molecule has 5 aromatic rings. The number of hydrogen-bond donors (Lipinski definition) is 1. The van der Waals surface area contributed by atoms with Crippen LogP contribution in [0.5, 0.6) is 11.5 Å². The molecule has 14 heteroatoms. The molecule has 0 aliphatic carbocycles. The minimum Gasteiger partial charge on any atom is -0.493 e. The molecule has 0 saturated carbocycles. The number of hydrogen-bond acceptors (Lipinski definition) is 8. The molecule has 3 aliphatic heterocycles. The lowest BCUT2D eigenvalue weighted by molar-refractivity contribution is -0.136. The quantitative estimate of drug-likeness (QED) is 0.152. The average molecular weight is 847 g/mol. The monoisotopic (exact) mass is 846 g/mol. The maximum Gasteiger partial charge on any atom is 0.329 e. The van der Waals surface area contributed by atoms with Crippen molar-refractivity contribution in [3.8, 4) is 11.5 Å². The van der Waals surface area contributed by atoms with Crippen molar-refractivity contribution in [3.63, 3.8) is 0 Å². The molecule has 1 N–H and O–H groups in total. The number of aryl methyl sites for hydroxylation is 1. The van der Waals surface area contributed by atoms with Crippen LogP contribution in [0.4, 0.5) is 11.4 Å². The second-order valence-electron chi connectivity index (χ2n) is 16.7. The number of methoxy groups -OCH3 is 1. The Kier molecular flexibility index (Phi) is 11.7. The van der Waals surface area contributed by atoms with E-state index in [1.165, 1.54) is 9.13 Å². The van der Waals surface area contributed by atoms with Crippen LogP contribution in [0.3, 0.4) is 0 Å². The molecule has 4 heterocycles. The number of ether oxygens (including phenoxy) is 2. The molecule has 1 unspecified atom stereocenters. The number of halogens is 1. The third-order valence-corrected chi connectivity index (χ3v) is 12.5. The van der Waals surface area contributed by atoms with Gasteiger partial charge in [0.15, 0.2) is 11.5 Å². The highest BCUT2D eigenvalue weighted by atomic mass is 35.5. The van der Waals surface area contributed by atoms with Crippen LogP contribution in [0.1, 0.15) is 73.9 Å². The standard InChI is InChI=1S/C47H51ClN6O7/c1-28(2)61-41-26-36-32(24-40(41)60-5)25-44(57)53(45(36)31-7-9-33(48)10-8-31)35-13-11-34(12-14-35)50(3)27-29-18-20-52(21-19-29)43(56)23-30-6-15-37-39(22-30)51(4)47(59)54(37)38-16-17-42(55)49-46(38)58/h6-15,22,24,26,28-29,38,45H,16-21,23,25,27H2,1-5H3,(H,49,55,58)/t38?,45-/m0/s1. The van der Waals surface area contributed by atoms with Crippen LogP contribution >= 0.6 is 11.6 Å². The molecule has 318 valence electrons. The number of rotatable bonds is 11. The zero-order valence-corrected chi connectivity index (χ0v) is 35.9. The van der Waals surface area contributed by atoms with Crippen molar-refractivity contribution in [3.05, 3.63) is 117 Å². The molecule has 2 atom stereocenters. The molecule has 4 amide bonds. The Balaban J connectivity index is 0.916. The van der Waals surface area contributed by atoms with Gasteiger partial charge in [-0.15, -0.1) is 0 Å². The molecule has 1 aromatic heterocycles. The highest BCUT2D eigenvalue weighted by molar-refractivity contribution is 6.30. The van der Waals surface area contributed by atoms with E-state index in [4.69, 9.17) is 21.1 Å². The topological polar surface area (TPSA) is 135 Å². The lowest BCUT2D eigenvalue weighted by Crippen LogP contribution is -2.44. The largest absolute Gasteiger partial charge is 0.493 e. The van der Waals surface area contributed by atoms with Crippen molar-refractivity contribution in [2.75, 3.05) is 43.6 Å². The van der Waals surface area contributed by atoms with Gasteiger partial charge in [0.25, 0.3) is 0 Å². The van der Waals surface area contributed by atoms with Gasteiger partial charge in [-0.25, -0.2) is 4.79 Å². The average Bonchev–Trinajstić information content (AvgIpc) is 3.48. The van der Waals surface area contributed by atoms with Gasteiger partial charge in [0.1, 0.15) is 6.04 Å². The fourth-order valence-corrected chi connectivity index (χ4v) is 9.22. The van der Waals surface area contributed by atoms with Crippen molar-refractivity contribution >= 4 is 57.6 Å². The number of amides is 4. The molecule has 13 nitrogen and oxygen atoms in total. The number of piperidine rings is 2. The normalized spacial score (nSPS) is 18.4. The second kappa shape index (κ2) is 17.1. The zero-order valence-electron chi connectivity index (χ0n) is 35.2. The number of imidazole rings is 1. The highest BCUT2D eigenvalue weighted by Gasteiger charge is 2.37. The number of carbonyl (C=O) groups is 4. The van der Waals surface area contributed by atoms with E-state index in [1.807, 2.05) is 84.3 Å². The zero-order chi connectivity index (χ0) is 43.1. The fourth-order valence-electron chi connectivity index (χ4n) is 9.09. The first-order valence-electron chi connectivity index (χ1n) is 20.9. The molecular formula is C47H51ClN6O7. The molecule has 2 saturated heterocycles. The summed E-state index contributed by atoms with van der Waals surface area (Å²) in [7, 11) is 5.34. The molecule has 61 heavy (non-hydrogen) atoms. The summed E-state index contributed by atoms with van der Waals surface area (Å²) in [6.07, 6.45) is 2.53. The van der Waals surface area contributed by atoms with Gasteiger partial charge in [0.2, 0.25) is 23.6 Å². The minimum absolute atomic E-state index is 0.0236. The van der Waals surface area contributed by atoms with Crippen molar-refractivity contribution in [2.24, 2.45) is 13.0 Å². The SMILES string of the molecule is COc1cc2c(cc1OC(C)C)[C@H](c1ccc(Cl)cc1)N(c1ccc(N(C)CC3CCN(C(=O)Cc4ccc5c(c4)n(C)c(=O)n5C4CCC(=O)NC4=O)CC3)cc1)C(=O)C2. The summed E-state index contributed by atoms with van der Waals surface area (Å²) >= 11 is 6.31. The van der Waals surface area contributed by atoms with E-state index in [0.717, 1.165) is 53.0 Å². The van der Waals surface area contributed by atoms with Crippen LogP contribution in [-0.2, 0) is 39.1 Å². The first-order chi connectivity index (χ1) is 29.3. The second-order valence-corrected chi connectivity index (χ2v) is 17.1. The van der Waals surface area contributed by atoms with Crippen molar-refractivity contribution in [1.82, 2.24) is 19.4 Å². The Hall–Kier alpha value is -6.08. The minimum atomic E-state index is -0.760. The number of nitrogens with zero attached hydrogens (tertiary/aromatic N) is 5. The summed E-state index contributed by atoms with van der Waals surface area (Å²) in [4.78, 5) is 71.1. The first kappa shape index (κ1) is 41.6. The van der Waals surface area contributed by atoms with Gasteiger partial charge < -0.3 is 24.2 Å². The van der Waals surface area contributed by atoms with Gasteiger partial charge in [-0.2, -0.15) is 0 Å². The number of carbonyl (C=O) groups excluding carboxylic acids is 4. The Morgan fingerprint density at radius 2 is 1.62 bits per heavy atom. The molecule has 4 aromatic carbocycles. The number of nitrogens with one attached hydrogen (secondary N) is 1. The summed E-state index contributed by atoms with van der Waals surface area (Å²) in [6.45, 7) is 6.08. The van der Waals surface area contributed by atoms with Gasteiger partial charge in [-0.1, -0.05) is 29.8 Å². The number of anilines is 2. The van der Waals surface area contributed by atoms with Gasteiger partial charge in [0, 0.05) is 56.5 Å². The maximum absolute atomic E-state index is 14.0. The van der Waals surface area contributed by atoms with Crippen LogP contribution in [-0.4, -0.2) is 77.6 Å². The van der Waals surface area contributed by atoms with E-state index in [9.17, 15) is 24.0 Å². The lowest BCUT2D eigenvalue weighted by Gasteiger charge is -2.38. The van der Waals surface area contributed by atoms with E-state index in [2.05, 4.69) is 29.4 Å². The molecule has 0 spiro atoms. The predicted octanol–water partition coefficient (Wildman–Crippen LogP) is 6.36. The van der Waals surface area contributed by atoms with Crippen molar-refractivity contribution in [2.45, 2.75) is 70.6 Å². The van der Waals surface area contributed by atoms with Crippen molar-refractivity contribution in [1.29, 1.82) is 0 Å². The van der Waals surface area contributed by atoms with E-state index < -0.39 is 18.0 Å². The summed E-state index contributed by atoms with van der Waals surface area (Å²) in [6, 6.07) is 24.0. The molecule has 0 radical (unpaired) electrons. The number of fused-ring (bicyclic) bond motifs is 2. The van der Waals surface area contributed by atoms with E-state index in [1.54, 1.807) is 20.2 Å². The third-order valence-electron chi connectivity index (χ3n) is 12.2. The summed E-state index contributed by atoms with van der Waals surface area (Å²) in [5.74, 6) is 0.808. The third kappa shape index (κ3) is 8.35. The highest BCUT2D eigenvalue weighted by Crippen LogP contribution is 2.44. The van der Waals surface area contributed by atoms with E-state index in [-0.39, 0.29) is 55.2 Å². The lowest BCUT2D eigenvalue weighted by atomic mass is 9.86. The summed E-state index contributed by atoms with van der Waals surface area (Å²) in [5.41, 5.74) is 6.30. The molecule has 3 aliphatic rings. The summed E-state index contributed by atoms with van der Waals surface area (Å²) in [5, 5.41) is 2.95. The van der Waals surface area contributed by atoms with Crippen LogP contribution < -0.4 is 30.3 Å². The van der Waals surface area contributed by atoms with E-state index in [0.29, 0.717) is 46.6 Å². The smallest absolute Gasteiger partial charge is 0.329 e. The Morgan fingerprint density at radius 3 is 2.30 bits per heavy atom. The van der Waals surface area contributed by atoms with Crippen LogP contribution in [0.25, 0.3) is 11.0 Å². The number of aromatic nitrogens is 2. The Morgan fingerprint density at radius 1 is 0.902 bits per heavy atom. The Labute approximate surface area is 359 Å². The van der Waals surface area contributed by atoms with Crippen molar-refractivity contribution < 1.29 is 28.7 Å².